The smallest absolute Gasteiger partial charge is 0.160 e. The van der Waals surface area contributed by atoms with Crippen LogP contribution in [0.25, 0.3) is 259 Å². The molecule has 11 aromatic heterocycles. The molecule has 0 amide bonds. The molecule has 17 aromatic carbocycles. The second kappa shape index (κ2) is 29.1. The average Bonchev–Trinajstić information content (AvgIpc) is 1.55. The Hall–Kier alpha value is -17.4. The van der Waals surface area contributed by atoms with Crippen LogP contribution in [0, 0.1) is 0 Å². The Morgan fingerprint density at radius 3 is 0.992 bits per heavy atom. The van der Waals surface area contributed by atoms with Crippen LogP contribution >= 0.6 is 0 Å². The van der Waals surface area contributed by atoms with Gasteiger partial charge in [-0.05, 0) is 152 Å². The average molecular weight is 1640 g/mol. The number of nitrogens with zero attached hydrogens (tertiary/aromatic N) is 8. The Labute approximate surface area is 730 Å². The molecular formula is C117H70N8O3. The molecule has 0 atom stereocenters. The fourth-order valence-electron chi connectivity index (χ4n) is 20.0. The highest BCUT2D eigenvalue weighted by atomic mass is 16.3. The fourth-order valence-corrected chi connectivity index (χ4v) is 20.0. The lowest BCUT2D eigenvalue weighted by molar-refractivity contribution is 0.671. The van der Waals surface area contributed by atoms with Gasteiger partial charge in [-0.1, -0.05) is 303 Å². The molecule has 0 saturated heterocycles. The summed E-state index contributed by atoms with van der Waals surface area (Å²) in [5.41, 5.74) is 25.7. The second-order valence-electron chi connectivity index (χ2n) is 32.8. The number of pyridine rings is 5. The summed E-state index contributed by atoms with van der Waals surface area (Å²) in [4.78, 5) is 24.5. The predicted molar refractivity (Wildman–Crippen MR) is 528 cm³/mol. The van der Waals surface area contributed by atoms with E-state index in [1.54, 1.807) is 0 Å². The summed E-state index contributed by atoms with van der Waals surface area (Å²) >= 11 is 0. The normalized spacial score (nSPS) is 11.9. The molecule has 0 spiro atoms. The highest BCUT2D eigenvalue weighted by molar-refractivity contribution is 6.38. The van der Waals surface area contributed by atoms with Crippen molar-refractivity contribution in [1.82, 2.24) is 38.6 Å². The van der Waals surface area contributed by atoms with Gasteiger partial charge in [-0.2, -0.15) is 0 Å². The van der Waals surface area contributed by atoms with Crippen LogP contribution in [0.15, 0.2) is 438 Å². The summed E-state index contributed by atoms with van der Waals surface area (Å²) in [5, 5.41) is 24.7. The third-order valence-electron chi connectivity index (χ3n) is 25.6. The first-order chi connectivity index (χ1) is 63.5. The quantitative estimate of drug-likeness (QED) is 0.148. The summed E-state index contributed by atoms with van der Waals surface area (Å²) in [6.07, 6.45) is 5.81. The molecule has 0 aliphatic carbocycles. The van der Waals surface area contributed by atoms with Gasteiger partial charge in [0.05, 0.1) is 96.5 Å². The summed E-state index contributed by atoms with van der Waals surface area (Å²) in [6.45, 7) is 0. The molecular weight excluding hydrogens is 1570 g/mol. The van der Waals surface area contributed by atoms with Gasteiger partial charge in [0.25, 0.3) is 0 Å². The van der Waals surface area contributed by atoms with Crippen LogP contribution in [0.2, 0.25) is 0 Å². The van der Waals surface area contributed by atoms with Crippen molar-refractivity contribution in [3.8, 4) is 73.5 Å². The molecule has 0 unspecified atom stereocenters. The van der Waals surface area contributed by atoms with Crippen molar-refractivity contribution in [3.63, 3.8) is 0 Å². The van der Waals surface area contributed by atoms with Gasteiger partial charge in [0.1, 0.15) is 16.7 Å². The summed E-state index contributed by atoms with van der Waals surface area (Å²) in [7, 11) is 0. The van der Waals surface area contributed by atoms with Crippen LogP contribution in [0.1, 0.15) is 0 Å². The molecule has 0 aliphatic heterocycles. The first-order valence-corrected chi connectivity index (χ1v) is 43.2. The van der Waals surface area contributed by atoms with E-state index in [1.807, 2.05) is 85.3 Å². The van der Waals surface area contributed by atoms with Crippen molar-refractivity contribution < 1.29 is 13.3 Å². The van der Waals surface area contributed by atoms with E-state index in [-0.39, 0.29) is 0 Å². The Morgan fingerprint density at radius 2 is 0.539 bits per heavy atom. The summed E-state index contributed by atoms with van der Waals surface area (Å²) in [6, 6.07) is 142. The molecule has 0 saturated carbocycles. The number of furan rings is 3. The van der Waals surface area contributed by atoms with Crippen molar-refractivity contribution in [3.05, 3.63) is 425 Å². The van der Waals surface area contributed by atoms with Crippen molar-refractivity contribution in [2.45, 2.75) is 0 Å². The largest absolute Gasteiger partial charge is 0.454 e. The molecule has 0 N–H and O–H groups in total. The van der Waals surface area contributed by atoms with Crippen molar-refractivity contribution >= 4 is 185 Å². The molecule has 0 aliphatic rings. The second-order valence-corrected chi connectivity index (χ2v) is 32.8. The Kier molecular flexibility index (Phi) is 16.4. The standard InChI is InChI=1S/C45H28N2O.2C36H21N3O/c1-3-14-29(15-4-1)38-27-32(28-39(46-38)30-16-5-2-6-17-30)31-18-13-19-33(26-31)47-40-24-11-9-22-36(40)42-34-20-7-8-21-35(34)43-37-23-10-12-25-41(37)48-45(43)44(42)47;1-6-14-28-22(9-1)17-19-30(38-28)29-20-18-23(21-37-29)39-31-15-7-4-12-26(31)33-24-10-2-3-11-25(24)34-27-13-5-8-16-32(27)40-36(34)35(33)39;1-2-10-23-20-37-30(19-22(23)9-1)29-18-17-24(21-38-29)39-31-15-7-5-13-27(31)33-25-11-3-4-12-26(25)34-28-14-6-8-16-32(28)40-36(34)35(33)39/h1-28H;2*1-21H. The number of hydrogen-bond donors (Lipinski definition) is 0. The topological polar surface area (TPSA) is 119 Å². The van der Waals surface area contributed by atoms with E-state index in [0.717, 1.165) is 194 Å². The number of hydrogen-bond acceptors (Lipinski definition) is 8. The van der Waals surface area contributed by atoms with E-state index in [2.05, 4.69) is 358 Å². The predicted octanol–water partition coefficient (Wildman–Crippen LogP) is 31.1. The van der Waals surface area contributed by atoms with Crippen LogP contribution in [0.5, 0.6) is 0 Å². The van der Waals surface area contributed by atoms with Gasteiger partial charge in [0.15, 0.2) is 16.7 Å². The minimum atomic E-state index is 0.842. The zero-order chi connectivity index (χ0) is 84.0. The minimum absolute atomic E-state index is 0.842. The van der Waals surface area contributed by atoms with Gasteiger partial charge < -0.3 is 27.0 Å². The van der Waals surface area contributed by atoms with E-state index < -0.39 is 0 Å². The van der Waals surface area contributed by atoms with Crippen LogP contribution in [-0.4, -0.2) is 38.6 Å². The van der Waals surface area contributed by atoms with Gasteiger partial charge in [-0.25, -0.2) is 9.97 Å². The molecule has 128 heavy (non-hydrogen) atoms. The van der Waals surface area contributed by atoms with E-state index in [1.165, 1.54) is 64.6 Å². The van der Waals surface area contributed by atoms with Crippen LogP contribution in [0.3, 0.4) is 0 Å². The lowest BCUT2D eigenvalue weighted by Crippen LogP contribution is -1.96. The molecule has 596 valence electrons. The van der Waals surface area contributed by atoms with Crippen molar-refractivity contribution in [2.24, 2.45) is 0 Å². The zero-order valence-electron chi connectivity index (χ0n) is 68.7. The van der Waals surface area contributed by atoms with Crippen molar-refractivity contribution in [2.75, 3.05) is 0 Å². The maximum atomic E-state index is 6.78. The molecule has 11 nitrogen and oxygen atoms in total. The molecule has 28 aromatic rings. The van der Waals surface area contributed by atoms with Gasteiger partial charge in [-0.3, -0.25) is 15.0 Å². The van der Waals surface area contributed by atoms with E-state index in [4.69, 9.17) is 33.2 Å². The van der Waals surface area contributed by atoms with Crippen LogP contribution in [0.4, 0.5) is 0 Å². The first-order valence-electron chi connectivity index (χ1n) is 43.2. The van der Waals surface area contributed by atoms with E-state index in [9.17, 15) is 0 Å². The minimum Gasteiger partial charge on any atom is -0.454 e. The first kappa shape index (κ1) is 72.2. The van der Waals surface area contributed by atoms with E-state index in [0.29, 0.717) is 0 Å². The number of benzene rings is 17. The highest BCUT2D eigenvalue weighted by Crippen LogP contribution is 2.51. The lowest BCUT2D eigenvalue weighted by atomic mass is 9.98. The lowest BCUT2D eigenvalue weighted by Gasteiger charge is -2.13. The molecule has 0 fully saturated rings. The maximum Gasteiger partial charge on any atom is 0.160 e. The van der Waals surface area contributed by atoms with Gasteiger partial charge in [-0.15, -0.1) is 0 Å². The number of rotatable bonds is 8. The SMILES string of the molecule is c1ccc(-c2cc(-c3cccc(-n4c5ccccc5c5c6ccccc6c6c7ccccc7oc6c54)c3)cc(-c3ccccc3)n2)cc1.c1ccc2cc(-c3ccc(-n4c5ccccc5c5c6ccccc6c6c7ccccc7oc6c54)cn3)ncc2c1.c1ccc2nc(-c3ccc(-n4c5ccccc5c5c6ccccc6c6c7ccccc7oc6c54)cn3)ccc2c1. The molecule has 28 rings (SSSR count). The molecule has 11 heterocycles. The molecule has 0 radical (unpaired) electrons. The third-order valence-corrected chi connectivity index (χ3v) is 25.6. The van der Waals surface area contributed by atoms with Crippen LogP contribution < -0.4 is 0 Å². The Balaban J connectivity index is 0.000000102. The van der Waals surface area contributed by atoms with Gasteiger partial charge >= 0.3 is 0 Å². The molecule has 11 heteroatoms. The number of aromatic nitrogens is 8. The number of fused-ring (bicyclic) bond motifs is 32. The monoisotopic (exact) mass is 1630 g/mol. The highest BCUT2D eigenvalue weighted by Gasteiger charge is 2.28. The third kappa shape index (κ3) is 11.4. The summed E-state index contributed by atoms with van der Waals surface area (Å²) < 4.78 is 27.1. The van der Waals surface area contributed by atoms with Gasteiger partial charge in [0.2, 0.25) is 0 Å². The molecule has 0 bridgehead atoms. The van der Waals surface area contributed by atoms with Crippen molar-refractivity contribution in [1.29, 1.82) is 0 Å². The van der Waals surface area contributed by atoms with Gasteiger partial charge in [0, 0.05) is 98.4 Å². The van der Waals surface area contributed by atoms with E-state index >= 15 is 0 Å². The fraction of sp³-hybridized carbons (Fsp3) is 0. The Morgan fingerprint density at radius 1 is 0.188 bits per heavy atom. The number of para-hydroxylation sites is 7. The maximum absolute atomic E-state index is 6.78. The van der Waals surface area contributed by atoms with Crippen LogP contribution in [-0.2, 0) is 0 Å². The summed E-state index contributed by atoms with van der Waals surface area (Å²) in [5.74, 6) is 0. The Bertz CT molecular complexity index is 9000. The zero-order valence-corrected chi connectivity index (χ0v) is 68.7.